The molecule has 0 radical (unpaired) electrons. The van der Waals surface area contributed by atoms with Crippen LogP contribution < -0.4 is 0 Å². The summed E-state index contributed by atoms with van der Waals surface area (Å²) in [5, 5.41) is 0. The van der Waals surface area contributed by atoms with E-state index < -0.39 is 12.1 Å². The second-order valence-electron chi connectivity index (χ2n) is 3.38. The van der Waals surface area contributed by atoms with Crippen LogP contribution in [-0.2, 0) is 19.1 Å². The van der Waals surface area contributed by atoms with Crippen LogP contribution >= 0.6 is 0 Å². The Morgan fingerprint density at radius 2 is 2.23 bits per heavy atom. The molecule has 0 amide bonds. The number of rotatable bonds is 3. The van der Waals surface area contributed by atoms with Crippen LogP contribution in [0, 0.1) is 11.8 Å². The second-order valence-corrected chi connectivity index (χ2v) is 3.38. The average Bonchev–Trinajstić information content (AvgIpc) is 1.98. The van der Waals surface area contributed by atoms with Gasteiger partial charge in [-0.3, -0.25) is 4.79 Å². The van der Waals surface area contributed by atoms with E-state index in [1.165, 1.54) is 0 Å². The molecule has 0 saturated carbocycles. The van der Waals surface area contributed by atoms with Crippen LogP contribution in [-0.4, -0.2) is 24.6 Å². The van der Waals surface area contributed by atoms with Crippen molar-refractivity contribution in [3.63, 3.8) is 0 Å². The van der Waals surface area contributed by atoms with Crippen molar-refractivity contribution in [2.45, 2.75) is 26.9 Å². The maximum absolute atomic E-state index is 11.2. The molecule has 2 atom stereocenters. The molecule has 0 unspecified atom stereocenters. The minimum Gasteiger partial charge on any atom is -0.463 e. The monoisotopic (exact) mass is 186 g/mol. The van der Waals surface area contributed by atoms with Gasteiger partial charge in [0.25, 0.3) is 0 Å². The van der Waals surface area contributed by atoms with Gasteiger partial charge >= 0.3 is 11.9 Å². The van der Waals surface area contributed by atoms with Gasteiger partial charge in [0, 0.05) is 0 Å². The number of ether oxygens (including phenoxy) is 2. The SMILES string of the molecule is CCOC(=O)[C@@H]1OC(=O)[C@@H]1C(C)C. The molecule has 74 valence electrons. The summed E-state index contributed by atoms with van der Waals surface area (Å²) in [6, 6.07) is 0. The predicted molar refractivity (Wildman–Crippen MR) is 44.8 cm³/mol. The van der Waals surface area contributed by atoms with Crippen LogP contribution in [0.1, 0.15) is 20.8 Å². The van der Waals surface area contributed by atoms with Crippen molar-refractivity contribution >= 4 is 11.9 Å². The number of esters is 2. The molecular formula is C9H14O4. The van der Waals surface area contributed by atoms with Gasteiger partial charge in [0.2, 0.25) is 6.10 Å². The fourth-order valence-electron chi connectivity index (χ4n) is 1.37. The number of carbonyl (C=O) groups excluding carboxylic acids is 2. The van der Waals surface area contributed by atoms with Gasteiger partial charge in [0.05, 0.1) is 6.61 Å². The quantitative estimate of drug-likeness (QED) is 0.610. The van der Waals surface area contributed by atoms with Gasteiger partial charge in [-0.05, 0) is 12.8 Å². The number of cyclic esters (lactones) is 1. The average molecular weight is 186 g/mol. The molecule has 4 nitrogen and oxygen atoms in total. The van der Waals surface area contributed by atoms with E-state index in [-0.39, 0.29) is 17.8 Å². The molecule has 1 heterocycles. The highest BCUT2D eigenvalue weighted by Gasteiger charge is 2.49. The second kappa shape index (κ2) is 3.77. The third-order valence-electron chi connectivity index (χ3n) is 2.08. The number of hydrogen-bond acceptors (Lipinski definition) is 4. The van der Waals surface area contributed by atoms with Crippen molar-refractivity contribution in [2.24, 2.45) is 11.8 Å². The first kappa shape index (κ1) is 10.0. The predicted octanol–water partition coefficient (Wildman–Crippen LogP) is 0.747. The Bertz CT molecular complexity index is 222. The van der Waals surface area contributed by atoms with E-state index in [0.29, 0.717) is 6.61 Å². The van der Waals surface area contributed by atoms with Gasteiger partial charge in [-0.1, -0.05) is 13.8 Å². The molecule has 1 aliphatic heterocycles. The molecule has 1 fully saturated rings. The van der Waals surface area contributed by atoms with Crippen molar-refractivity contribution in [1.29, 1.82) is 0 Å². The molecular weight excluding hydrogens is 172 g/mol. The van der Waals surface area contributed by atoms with Crippen LogP contribution in [0.2, 0.25) is 0 Å². The van der Waals surface area contributed by atoms with E-state index >= 15 is 0 Å². The van der Waals surface area contributed by atoms with E-state index in [1.807, 2.05) is 13.8 Å². The first-order chi connectivity index (χ1) is 6.07. The maximum atomic E-state index is 11.2. The summed E-state index contributed by atoms with van der Waals surface area (Å²) < 4.78 is 9.47. The van der Waals surface area contributed by atoms with E-state index in [0.717, 1.165) is 0 Å². The lowest BCUT2D eigenvalue weighted by atomic mass is 9.86. The van der Waals surface area contributed by atoms with Crippen LogP contribution in [0.5, 0.6) is 0 Å². The molecule has 0 N–H and O–H groups in total. The summed E-state index contributed by atoms with van der Waals surface area (Å²) in [6.07, 6.45) is -0.674. The van der Waals surface area contributed by atoms with E-state index in [4.69, 9.17) is 9.47 Å². The zero-order chi connectivity index (χ0) is 10.0. The van der Waals surface area contributed by atoms with Gasteiger partial charge in [-0.2, -0.15) is 0 Å². The van der Waals surface area contributed by atoms with E-state index in [9.17, 15) is 9.59 Å². The fourth-order valence-corrected chi connectivity index (χ4v) is 1.37. The first-order valence-corrected chi connectivity index (χ1v) is 4.45. The highest BCUT2D eigenvalue weighted by molar-refractivity contribution is 5.91. The van der Waals surface area contributed by atoms with Crippen molar-refractivity contribution in [2.75, 3.05) is 6.61 Å². The third-order valence-corrected chi connectivity index (χ3v) is 2.08. The first-order valence-electron chi connectivity index (χ1n) is 4.45. The molecule has 0 bridgehead atoms. The topological polar surface area (TPSA) is 52.6 Å². The van der Waals surface area contributed by atoms with E-state index in [1.54, 1.807) is 6.92 Å². The Kier molecular flexibility index (Phi) is 2.90. The Hall–Kier alpha value is -1.06. The lowest BCUT2D eigenvalue weighted by Gasteiger charge is -2.35. The highest BCUT2D eigenvalue weighted by Crippen LogP contribution is 2.30. The highest BCUT2D eigenvalue weighted by atomic mass is 16.6. The third kappa shape index (κ3) is 1.82. The van der Waals surface area contributed by atoms with Crippen LogP contribution in [0.3, 0.4) is 0 Å². The zero-order valence-electron chi connectivity index (χ0n) is 8.07. The lowest BCUT2D eigenvalue weighted by molar-refractivity contribution is -0.201. The summed E-state index contributed by atoms with van der Waals surface area (Å²) in [4.78, 5) is 22.1. The van der Waals surface area contributed by atoms with Crippen molar-refractivity contribution in [3.8, 4) is 0 Å². The van der Waals surface area contributed by atoms with Crippen molar-refractivity contribution in [3.05, 3.63) is 0 Å². The Labute approximate surface area is 77.2 Å². The van der Waals surface area contributed by atoms with Gasteiger partial charge in [0.15, 0.2) is 0 Å². The molecule has 0 aromatic heterocycles. The Balaban J connectivity index is 2.53. The fraction of sp³-hybridized carbons (Fsp3) is 0.778. The normalized spacial score (nSPS) is 26.6. The molecule has 0 spiro atoms. The minimum atomic E-state index is -0.674. The molecule has 1 rings (SSSR count). The molecule has 0 aromatic carbocycles. The molecule has 1 aliphatic rings. The maximum Gasteiger partial charge on any atom is 0.348 e. The van der Waals surface area contributed by atoms with Gasteiger partial charge in [-0.25, -0.2) is 4.79 Å². The molecule has 13 heavy (non-hydrogen) atoms. The van der Waals surface area contributed by atoms with Crippen LogP contribution in [0.15, 0.2) is 0 Å². The van der Waals surface area contributed by atoms with Crippen LogP contribution in [0.25, 0.3) is 0 Å². The largest absolute Gasteiger partial charge is 0.463 e. The Morgan fingerprint density at radius 1 is 1.62 bits per heavy atom. The molecule has 0 aliphatic carbocycles. The molecule has 0 aromatic rings. The standard InChI is InChI=1S/C9H14O4/c1-4-12-9(11)7-6(5(2)3)8(10)13-7/h5-7H,4H2,1-3H3/t6-,7-/m1/s1. The molecule has 4 heteroatoms. The Morgan fingerprint density at radius 3 is 2.62 bits per heavy atom. The van der Waals surface area contributed by atoms with Crippen LogP contribution in [0.4, 0.5) is 0 Å². The van der Waals surface area contributed by atoms with Gasteiger partial charge < -0.3 is 9.47 Å². The summed E-state index contributed by atoms with van der Waals surface area (Å²) >= 11 is 0. The number of hydrogen-bond donors (Lipinski definition) is 0. The number of carbonyl (C=O) groups is 2. The summed E-state index contributed by atoms with van der Waals surface area (Å²) in [7, 11) is 0. The lowest BCUT2D eigenvalue weighted by Crippen LogP contribution is -2.52. The molecule has 1 saturated heterocycles. The van der Waals surface area contributed by atoms with Gasteiger partial charge in [-0.15, -0.1) is 0 Å². The van der Waals surface area contributed by atoms with E-state index in [2.05, 4.69) is 0 Å². The summed E-state index contributed by atoms with van der Waals surface area (Å²) in [5.74, 6) is -0.927. The van der Waals surface area contributed by atoms with Gasteiger partial charge in [0.1, 0.15) is 5.92 Å². The minimum absolute atomic E-state index is 0.121. The smallest absolute Gasteiger partial charge is 0.348 e. The summed E-state index contributed by atoms with van der Waals surface area (Å²) in [5.41, 5.74) is 0. The summed E-state index contributed by atoms with van der Waals surface area (Å²) in [6.45, 7) is 5.81. The van der Waals surface area contributed by atoms with Crippen molar-refractivity contribution in [1.82, 2.24) is 0 Å². The zero-order valence-corrected chi connectivity index (χ0v) is 8.07. The van der Waals surface area contributed by atoms with Crippen molar-refractivity contribution < 1.29 is 19.1 Å².